The van der Waals surface area contributed by atoms with Gasteiger partial charge in [-0.1, -0.05) is 6.07 Å². The highest BCUT2D eigenvalue weighted by Gasteiger charge is 2.07. The summed E-state index contributed by atoms with van der Waals surface area (Å²) in [5, 5.41) is 0. The molecular formula is C9H12FNO. The number of rotatable bonds is 2. The summed E-state index contributed by atoms with van der Waals surface area (Å²) in [6.45, 7) is 3.65. The molecule has 0 bridgehead atoms. The third kappa shape index (κ3) is 1.81. The van der Waals surface area contributed by atoms with Crippen molar-refractivity contribution in [3.63, 3.8) is 0 Å². The summed E-state index contributed by atoms with van der Waals surface area (Å²) >= 11 is 0. The zero-order valence-corrected chi connectivity index (χ0v) is 7.17. The monoisotopic (exact) mass is 169 g/mol. The summed E-state index contributed by atoms with van der Waals surface area (Å²) < 4.78 is 12.6. The Morgan fingerprint density at radius 1 is 1.50 bits per heavy atom. The highest BCUT2D eigenvalue weighted by atomic mass is 19.1. The molecular weight excluding hydrogens is 157 g/mol. The standard InChI is InChI=1S/C9H12FNO/c1-6-5-8(10)3-4-9(6)7(2)12-11/h3-5,7H,11H2,1-2H3. The number of benzene rings is 1. The first-order chi connectivity index (χ1) is 5.65. The van der Waals surface area contributed by atoms with Gasteiger partial charge in [-0.3, -0.25) is 4.84 Å². The number of nitrogens with two attached hydrogens (primary N) is 1. The molecule has 0 spiro atoms. The van der Waals surface area contributed by atoms with E-state index in [0.717, 1.165) is 11.1 Å². The van der Waals surface area contributed by atoms with Crippen molar-refractivity contribution in [1.82, 2.24) is 0 Å². The second-order valence-corrected chi connectivity index (χ2v) is 2.78. The van der Waals surface area contributed by atoms with E-state index < -0.39 is 0 Å². The van der Waals surface area contributed by atoms with Gasteiger partial charge < -0.3 is 0 Å². The van der Waals surface area contributed by atoms with Crippen molar-refractivity contribution in [3.05, 3.63) is 35.1 Å². The molecule has 0 amide bonds. The van der Waals surface area contributed by atoms with E-state index in [1.807, 2.05) is 13.8 Å². The predicted octanol–water partition coefficient (Wildman–Crippen LogP) is 2.09. The summed E-state index contributed by atoms with van der Waals surface area (Å²) in [6, 6.07) is 4.55. The molecule has 0 aliphatic rings. The Hall–Kier alpha value is -0.930. The lowest BCUT2D eigenvalue weighted by molar-refractivity contribution is 0.0659. The SMILES string of the molecule is Cc1cc(F)ccc1C(C)ON. The number of hydrogen-bond donors (Lipinski definition) is 1. The average molecular weight is 169 g/mol. The zero-order valence-electron chi connectivity index (χ0n) is 7.17. The lowest BCUT2D eigenvalue weighted by Gasteiger charge is -2.11. The van der Waals surface area contributed by atoms with Gasteiger partial charge in [0.25, 0.3) is 0 Å². The van der Waals surface area contributed by atoms with E-state index >= 15 is 0 Å². The van der Waals surface area contributed by atoms with E-state index in [1.54, 1.807) is 6.07 Å². The van der Waals surface area contributed by atoms with Crippen molar-refractivity contribution in [2.24, 2.45) is 5.90 Å². The molecule has 0 aromatic heterocycles. The van der Waals surface area contributed by atoms with Crippen LogP contribution in [0.2, 0.25) is 0 Å². The number of halogens is 1. The van der Waals surface area contributed by atoms with Crippen LogP contribution in [-0.4, -0.2) is 0 Å². The first kappa shape index (κ1) is 9.16. The Morgan fingerprint density at radius 2 is 2.17 bits per heavy atom. The van der Waals surface area contributed by atoms with Gasteiger partial charge in [-0.15, -0.1) is 0 Å². The molecule has 1 atom stereocenters. The summed E-state index contributed by atoms with van der Waals surface area (Å²) in [7, 11) is 0. The lowest BCUT2D eigenvalue weighted by atomic mass is 10.0. The fourth-order valence-corrected chi connectivity index (χ4v) is 1.17. The largest absolute Gasteiger partial charge is 0.297 e. The second kappa shape index (κ2) is 3.65. The molecule has 12 heavy (non-hydrogen) atoms. The van der Waals surface area contributed by atoms with Crippen molar-refractivity contribution in [2.75, 3.05) is 0 Å². The van der Waals surface area contributed by atoms with Crippen molar-refractivity contribution < 1.29 is 9.23 Å². The molecule has 1 aromatic carbocycles. The summed E-state index contributed by atoms with van der Waals surface area (Å²) in [5.74, 6) is 4.78. The topological polar surface area (TPSA) is 35.2 Å². The van der Waals surface area contributed by atoms with E-state index in [1.165, 1.54) is 12.1 Å². The van der Waals surface area contributed by atoms with Gasteiger partial charge in [0.15, 0.2) is 0 Å². The van der Waals surface area contributed by atoms with Crippen molar-refractivity contribution in [1.29, 1.82) is 0 Å². The molecule has 0 radical (unpaired) electrons. The molecule has 0 saturated carbocycles. The molecule has 66 valence electrons. The van der Waals surface area contributed by atoms with Gasteiger partial charge in [0.05, 0.1) is 0 Å². The maximum Gasteiger partial charge on any atom is 0.123 e. The molecule has 2 N–H and O–H groups in total. The van der Waals surface area contributed by atoms with E-state index in [9.17, 15) is 4.39 Å². The minimum absolute atomic E-state index is 0.189. The summed E-state index contributed by atoms with van der Waals surface area (Å²) in [5.41, 5.74) is 1.77. The van der Waals surface area contributed by atoms with Crippen LogP contribution in [0.25, 0.3) is 0 Å². The molecule has 0 aliphatic carbocycles. The highest BCUT2D eigenvalue weighted by molar-refractivity contribution is 5.28. The molecule has 0 fully saturated rings. The van der Waals surface area contributed by atoms with Crippen LogP contribution >= 0.6 is 0 Å². The first-order valence-electron chi connectivity index (χ1n) is 3.76. The van der Waals surface area contributed by atoms with Crippen molar-refractivity contribution >= 4 is 0 Å². The van der Waals surface area contributed by atoms with E-state index in [0.29, 0.717) is 0 Å². The molecule has 2 nitrogen and oxygen atoms in total. The summed E-state index contributed by atoms with van der Waals surface area (Å²) in [6.07, 6.45) is -0.189. The minimum atomic E-state index is -0.236. The van der Waals surface area contributed by atoms with Gasteiger partial charge in [0.2, 0.25) is 0 Å². The third-order valence-corrected chi connectivity index (χ3v) is 1.87. The Morgan fingerprint density at radius 3 is 2.67 bits per heavy atom. The van der Waals surface area contributed by atoms with Gasteiger partial charge in [-0.05, 0) is 37.1 Å². The van der Waals surface area contributed by atoms with Gasteiger partial charge in [0.1, 0.15) is 11.9 Å². The van der Waals surface area contributed by atoms with Crippen LogP contribution in [0.1, 0.15) is 24.2 Å². The zero-order chi connectivity index (χ0) is 9.14. The third-order valence-electron chi connectivity index (χ3n) is 1.87. The average Bonchev–Trinajstić information content (AvgIpc) is 2.03. The van der Waals surface area contributed by atoms with Crippen molar-refractivity contribution in [3.8, 4) is 0 Å². The number of hydrogen-bond acceptors (Lipinski definition) is 2. The Bertz CT molecular complexity index is 275. The highest BCUT2D eigenvalue weighted by Crippen LogP contribution is 2.19. The minimum Gasteiger partial charge on any atom is -0.297 e. The van der Waals surface area contributed by atoms with Gasteiger partial charge in [-0.2, -0.15) is 0 Å². The predicted molar refractivity (Wildman–Crippen MR) is 44.8 cm³/mol. The number of aryl methyl sites for hydroxylation is 1. The lowest BCUT2D eigenvalue weighted by Crippen LogP contribution is -2.06. The second-order valence-electron chi connectivity index (χ2n) is 2.78. The molecule has 1 aromatic rings. The van der Waals surface area contributed by atoms with Gasteiger partial charge in [-0.25, -0.2) is 10.3 Å². The quantitative estimate of drug-likeness (QED) is 0.688. The van der Waals surface area contributed by atoms with Crippen LogP contribution in [0, 0.1) is 12.7 Å². The Labute approximate surface area is 71.1 Å². The van der Waals surface area contributed by atoms with E-state index in [2.05, 4.69) is 4.84 Å². The smallest absolute Gasteiger partial charge is 0.123 e. The fourth-order valence-electron chi connectivity index (χ4n) is 1.17. The summed E-state index contributed by atoms with van der Waals surface area (Å²) in [4.78, 5) is 4.63. The van der Waals surface area contributed by atoms with Gasteiger partial charge in [0, 0.05) is 0 Å². The Balaban J connectivity index is 3.01. The molecule has 3 heteroatoms. The van der Waals surface area contributed by atoms with Crippen molar-refractivity contribution in [2.45, 2.75) is 20.0 Å². The van der Waals surface area contributed by atoms with Crippen LogP contribution in [0.15, 0.2) is 18.2 Å². The van der Waals surface area contributed by atoms with Gasteiger partial charge >= 0.3 is 0 Å². The van der Waals surface area contributed by atoms with Crippen LogP contribution in [0.4, 0.5) is 4.39 Å². The fraction of sp³-hybridized carbons (Fsp3) is 0.333. The normalized spacial score (nSPS) is 13.0. The van der Waals surface area contributed by atoms with Crippen LogP contribution in [0.5, 0.6) is 0 Å². The molecule has 0 saturated heterocycles. The maximum atomic E-state index is 12.6. The molecule has 1 unspecified atom stereocenters. The van der Waals surface area contributed by atoms with Crippen LogP contribution < -0.4 is 5.90 Å². The van der Waals surface area contributed by atoms with Crippen LogP contribution in [0.3, 0.4) is 0 Å². The maximum absolute atomic E-state index is 12.6. The van der Waals surface area contributed by atoms with E-state index in [4.69, 9.17) is 5.90 Å². The molecule has 1 rings (SSSR count). The van der Waals surface area contributed by atoms with Crippen LogP contribution in [-0.2, 0) is 4.84 Å². The molecule has 0 aliphatic heterocycles. The molecule has 0 heterocycles. The Kier molecular flexibility index (Phi) is 2.78. The van der Waals surface area contributed by atoms with E-state index in [-0.39, 0.29) is 11.9 Å². The first-order valence-corrected chi connectivity index (χ1v) is 3.76.